The van der Waals surface area contributed by atoms with Gasteiger partial charge in [-0.1, -0.05) is 32.9 Å². The summed E-state index contributed by atoms with van der Waals surface area (Å²) in [5, 5.41) is 3.56. The van der Waals surface area contributed by atoms with Crippen molar-refractivity contribution in [2.75, 3.05) is 19.9 Å². The van der Waals surface area contributed by atoms with Gasteiger partial charge in [-0.2, -0.15) is 0 Å². The van der Waals surface area contributed by atoms with Gasteiger partial charge in [0.1, 0.15) is 0 Å². The van der Waals surface area contributed by atoms with Crippen molar-refractivity contribution in [3.05, 3.63) is 23.8 Å². The lowest BCUT2D eigenvalue weighted by Gasteiger charge is -2.31. The van der Waals surface area contributed by atoms with Crippen molar-refractivity contribution in [2.45, 2.75) is 33.4 Å². The molecule has 0 aromatic heterocycles. The van der Waals surface area contributed by atoms with E-state index in [9.17, 15) is 0 Å². The molecule has 0 radical (unpaired) electrons. The molecule has 5 nitrogen and oxygen atoms in total. The molecule has 0 amide bonds. The van der Waals surface area contributed by atoms with Crippen LogP contribution >= 0.6 is 0 Å². The van der Waals surface area contributed by atoms with E-state index < -0.39 is 0 Å². The Morgan fingerprint density at radius 3 is 2.95 bits per heavy atom. The largest absolute Gasteiger partial charge is 0.454 e. The Bertz CT molecular complexity index is 499. The minimum absolute atomic E-state index is 0.251. The molecule has 2 aliphatic rings. The summed E-state index contributed by atoms with van der Waals surface area (Å²) >= 11 is 0. The van der Waals surface area contributed by atoms with Gasteiger partial charge in [0.05, 0.1) is 0 Å². The molecule has 2 unspecified atom stereocenters. The molecule has 1 saturated heterocycles. The Hall–Kier alpha value is -1.30. The molecule has 3 rings (SSSR count). The fourth-order valence-electron chi connectivity index (χ4n) is 3.17. The highest BCUT2D eigenvalue weighted by Gasteiger charge is 2.35. The first-order chi connectivity index (χ1) is 10.1. The van der Waals surface area contributed by atoms with E-state index in [1.54, 1.807) is 0 Å². The number of fused-ring (bicyclic) bond motifs is 1. The summed E-state index contributed by atoms with van der Waals surface area (Å²) in [6, 6.07) is 6.53. The van der Waals surface area contributed by atoms with Crippen LogP contribution in [0.25, 0.3) is 0 Å². The highest BCUT2D eigenvalue weighted by atomic mass is 16.7. The third kappa shape index (κ3) is 3.15. The number of nitrogens with one attached hydrogen (secondary N) is 3. The van der Waals surface area contributed by atoms with E-state index in [0.717, 1.165) is 36.7 Å². The summed E-state index contributed by atoms with van der Waals surface area (Å²) in [6.45, 7) is 9.95. The lowest BCUT2D eigenvalue weighted by molar-refractivity contribution is 0.173. The maximum absolute atomic E-state index is 5.54. The summed E-state index contributed by atoms with van der Waals surface area (Å²) < 4.78 is 11.0. The van der Waals surface area contributed by atoms with Gasteiger partial charge in [-0.3, -0.25) is 10.9 Å². The van der Waals surface area contributed by atoms with Crippen molar-refractivity contribution in [1.82, 2.24) is 16.2 Å². The second kappa shape index (κ2) is 5.83. The molecule has 1 aromatic rings. The number of hydrazine groups is 1. The highest BCUT2D eigenvalue weighted by molar-refractivity contribution is 5.48. The van der Waals surface area contributed by atoms with Gasteiger partial charge in [-0.15, -0.1) is 0 Å². The van der Waals surface area contributed by atoms with Crippen LogP contribution in [0.15, 0.2) is 18.2 Å². The van der Waals surface area contributed by atoms with E-state index in [2.05, 4.69) is 43.0 Å². The van der Waals surface area contributed by atoms with Crippen LogP contribution in [0.5, 0.6) is 11.5 Å². The number of ether oxygens (including phenoxy) is 2. The Kier molecular flexibility index (Phi) is 4.06. The molecule has 2 atom stereocenters. The van der Waals surface area contributed by atoms with Gasteiger partial charge in [0.15, 0.2) is 11.5 Å². The first-order valence-electron chi connectivity index (χ1n) is 7.62. The molecule has 1 fully saturated rings. The number of para-hydroxylation sites is 1. The normalized spacial score (nSPS) is 24.5. The topological polar surface area (TPSA) is 54.5 Å². The molecule has 0 saturated carbocycles. The van der Waals surface area contributed by atoms with Gasteiger partial charge in [0.2, 0.25) is 6.79 Å². The Morgan fingerprint density at radius 2 is 2.14 bits per heavy atom. The maximum Gasteiger partial charge on any atom is 0.231 e. The zero-order valence-electron chi connectivity index (χ0n) is 13.0. The van der Waals surface area contributed by atoms with Crippen molar-refractivity contribution < 1.29 is 9.47 Å². The molecule has 116 valence electrons. The second-order valence-corrected chi connectivity index (χ2v) is 6.91. The molecule has 2 aliphatic heterocycles. The van der Waals surface area contributed by atoms with Crippen LogP contribution in [-0.2, 0) is 6.54 Å². The Morgan fingerprint density at radius 1 is 1.29 bits per heavy atom. The van der Waals surface area contributed by atoms with Gasteiger partial charge < -0.3 is 14.8 Å². The number of hydrogen-bond donors (Lipinski definition) is 3. The van der Waals surface area contributed by atoms with Crippen molar-refractivity contribution >= 4 is 0 Å². The third-order valence-electron chi connectivity index (χ3n) is 4.23. The molecule has 1 aromatic carbocycles. The van der Waals surface area contributed by atoms with Gasteiger partial charge in [-0.25, -0.2) is 0 Å². The molecule has 21 heavy (non-hydrogen) atoms. The Balaban J connectivity index is 1.56. The monoisotopic (exact) mass is 291 g/mol. The van der Waals surface area contributed by atoms with E-state index in [1.807, 2.05) is 12.1 Å². The van der Waals surface area contributed by atoms with E-state index in [0.29, 0.717) is 18.8 Å². The van der Waals surface area contributed by atoms with Gasteiger partial charge in [-0.05, 0) is 11.5 Å². The van der Waals surface area contributed by atoms with Crippen molar-refractivity contribution in [1.29, 1.82) is 0 Å². The zero-order chi connectivity index (χ0) is 14.9. The van der Waals surface area contributed by atoms with Crippen LogP contribution in [0, 0.1) is 11.3 Å². The van der Waals surface area contributed by atoms with Crippen LogP contribution in [0.2, 0.25) is 0 Å². The molecule has 3 N–H and O–H groups in total. The average molecular weight is 291 g/mol. The van der Waals surface area contributed by atoms with E-state index in [1.165, 1.54) is 0 Å². The van der Waals surface area contributed by atoms with Crippen molar-refractivity contribution in [3.8, 4) is 11.5 Å². The number of hydrogen-bond acceptors (Lipinski definition) is 5. The third-order valence-corrected chi connectivity index (χ3v) is 4.23. The van der Waals surface area contributed by atoms with E-state index in [-0.39, 0.29) is 5.41 Å². The molecule has 0 aliphatic carbocycles. The van der Waals surface area contributed by atoms with Crippen LogP contribution in [0.3, 0.4) is 0 Å². The summed E-state index contributed by atoms with van der Waals surface area (Å²) in [6.07, 6.45) is 0. The molecule has 0 spiro atoms. The molecule has 5 heteroatoms. The van der Waals surface area contributed by atoms with Crippen molar-refractivity contribution in [2.24, 2.45) is 11.3 Å². The molecule has 0 bridgehead atoms. The zero-order valence-corrected chi connectivity index (χ0v) is 13.0. The summed E-state index contributed by atoms with van der Waals surface area (Å²) in [4.78, 5) is 0. The average Bonchev–Trinajstić information content (AvgIpc) is 3.06. The smallest absolute Gasteiger partial charge is 0.231 e. The molecular formula is C16H25N3O2. The van der Waals surface area contributed by atoms with Crippen LogP contribution < -0.4 is 25.6 Å². The van der Waals surface area contributed by atoms with Gasteiger partial charge in [0, 0.05) is 37.2 Å². The minimum atomic E-state index is 0.251. The Labute approximate surface area is 126 Å². The van der Waals surface area contributed by atoms with E-state index in [4.69, 9.17) is 9.47 Å². The lowest BCUT2D eigenvalue weighted by atomic mass is 9.80. The first-order valence-corrected chi connectivity index (χ1v) is 7.62. The van der Waals surface area contributed by atoms with Gasteiger partial charge >= 0.3 is 0 Å². The second-order valence-electron chi connectivity index (χ2n) is 6.91. The fraction of sp³-hybridized carbons (Fsp3) is 0.625. The van der Waals surface area contributed by atoms with Crippen LogP contribution in [0.1, 0.15) is 26.3 Å². The minimum Gasteiger partial charge on any atom is -0.454 e. The van der Waals surface area contributed by atoms with Gasteiger partial charge in [0.25, 0.3) is 0 Å². The summed E-state index contributed by atoms with van der Waals surface area (Å²) in [7, 11) is 0. The molecular weight excluding hydrogens is 266 g/mol. The lowest BCUT2D eigenvalue weighted by Crippen LogP contribution is -2.44. The first kappa shape index (κ1) is 14.6. The molecule has 2 heterocycles. The summed E-state index contributed by atoms with van der Waals surface area (Å²) in [5.74, 6) is 2.32. The quantitative estimate of drug-likeness (QED) is 0.787. The van der Waals surface area contributed by atoms with Crippen LogP contribution in [-0.4, -0.2) is 25.9 Å². The number of rotatable bonds is 4. The summed E-state index contributed by atoms with van der Waals surface area (Å²) in [5.41, 5.74) is 8.10. The number of benzene rings is 1. The van der Waals surface area contributed by atoms with E-state index >= 15 is 0 Å². The fourth-order valence-corrected chi connectivity index (χ4v) is 3.17. The predicted octanol–water partition coefficient (Wildman–Crippen LogP) is 1.64. The highest BCUT2D eigenvalue weighted by Crippen LogP contribution is 2.35. The predicted molar refractivity (Wildman–Crippen MR) is 82.1 cm³/mol. The van der Waals surface area contributed by atoms with Crippen molar-refractivity contribution in [3.63, 3.8) is 0 Å². The maximum atomic E-state index is 5.54. The SMILES string of the molecule is CC(C)(C)C1NNCC1CNCc1cccc2c1OCO2. The van der Waals surface area contributed by atoms with Crippen LogP contribution in [0.4, 0.5) is 0 Å². The standard InChI is InChI=1S/C16H25N3O2/c1-16(2,3)15-12(9-18-19-15)8-17-7-11-5-4-6-13-14(11)21-10-20-13/h4-6,12,15,17-19H,7-10H2,1-3H3.